The summed E-state index contributed by atoms with van der Waals surface area (Å²) in [6.07, 6.45) is 2.12. The summed E-state index contributed by atoms with van der Waals surface area (Å²) in [6.45, 7) is 1.81. The van der Waals surface area contributed by atoms with Crippen LogP contribution < -0.4 is 10.7 Å². The van der Waals surface area contributed by atoms with Gasteiger partial charge in [-0.2, -0.15) is 5.10 Å². The van der Waals surface area contributed by atoms with Gasteiger partial charge in [0.1, 0.15) is 5.76 Å². The summed E-state index contributed by atoms with van der Waals surface area (Å²) in [5.41, 5.74) is 7.76. The first kappa shape index (κ1) is 24.8. The number of hydrazone groups is 1. The van der Waals surface area contributed by atoms with Gasteiger partial charge in [0.15, 0.2) is 5.76 Å². The molecule has 1 aliphatic carbocycles. The Morgan fingerprint density at radius 2 is 1.62 bits per heavy atom. The number of carbonyl (C=O) groups is 2. The highest BCUT2D eigenvalue weighted by Crippen LogP contribution is 2.32. The SMILES string of the molecule is Cc1c(C(=O)Nc2cc(Cl)ccc2Cl)oc2c1/C(=N/NC(=O)c1ccc(-c3ccccc3)cc1)CCC2. The predicted octanol–water partition coefficient (Wildman–Crippen LogP) is 7.28. The van der Waals surface area contributed by atoms with E-state index in [1.165, 1.54) is 0 Å². The molecular weight excluding hydrogens is 509 g/mol. The second-order valence-corrected chi connectivity index (χ2v) is 9.57. The Labute approximate surface area is 224 Å². The van der Waals surface area contributed by atoms with E-state index in [0.29, 0.717) is 51.2 Å². The zero-order chi connectivity index (χ0) is 25.9. The van der Waals surface area contributed by atoms with E-state index in [0.717, 1.165) is 23.1 Å². The van der Waals surface area contributed by atoms with Gasteiger partial charge in [0.2, 0.25) is 0 Å². The predicted molar refractivity (Wildman–Crippen MR) is 147 cm³/mol. The molecule has 6 nitrogen and oxygen atoms in total. The van der Waals surface area contributed by atoms with Crippen LogP contribution in [0.15, 0.2) is 82.3 Å². The fourth-order valence-corrected chi connectivity index (χ4v) is 4.73. The van der Waals surface area contributed by atoms with Crippen molar-refractivity contribution in [2.24, 2.45) is 5.10 Å². The first-order valence-corrected chi connectivity index (χ1v) is 12.6. The number of fused-ring (bicyclic) bond motifs is 1. The van der Waals surface area contributed by atoms with Gasteiger partial charge in [0, 0.05) is 28.1 Å². The number of halogens is 2. The molecule has 3 aromatic carbocycles. The van der Waals surface area contributed by atoms with Crippen molar-refractivity contribution in [1.29, 1.82) is 0 Å². The average Bonchev–Trinajstić information content (AvgIpc) is 3.27. The molecule has 0 fully saturated rings. The molecule has 0 atom stereocenters. The third kappa shape index (κ3) is 5.31. The minimum absolute atomic E-state index is 0.179. The Bertz CT molecular complexity index is 1510. The van der Waals surface area contributed by atoms with Gasteiger partial charge in [-0.15, -0.1) is 0 Å². The van der Waals surface area contributed by atoms with Gasteiger partial charge < -0.3 is 9.73 Å². The van der Waals surface area contributed by atoms with Crippen molar-refractivity contribution in [3.05, 3.63) is 111 Å². The lowest BCUT2D eigenvalue weighted by Crippen LogP contribution is -2.22. The maximum absolute atomic E-state index is 13.0. The molecular formula is C29H23Cl2N3O3. The first-order valence-electron chi connectivity index (χ1n) is 11.8. The Balaban J connectivity index is 1.33. The normalized spacial score (nSPS) is 13.8. The van der Waals surface area contributed by atoms with E-state index >= 15 is 0 Å². The number of furan rings is 1. The number of anilines is 1. The molecule has 0 unspecified atom stereocenters. The van der Waals surface area contributed by atoms with Gasteiger partial charge in [-0.25, -0.2) is 5.43 Å². The van der Waals surface area contributed by atoms with Crippen LogP contribution >= 0.6 is 23.2 Å². The van der Waals surface area contributed by atoms with Crippen LogP contribution in [0.25, 0.3) is 11.1 Å². The van der Waals surface area contributed by atoms with Crippen LogP contribution in [0.3, 0.4) is 0 Å². The minimum atomic E-state index is -0.432. The van der Waals surface area contributed by atoms with Crippen molar-refractivity contribution in [3.8, 4) is 11.1 Å². The number of nitrogens with zero attached hydrogens (tertiary/aromatic N) is 1. The van der Waals surface area contributed by atoms with Gasteiger partial charge >= 0.3 is 0 Å². The van der Waals surface area contributed by atoms with Crippen molar-refractivity contribution in [2.75, 3.05) is 5.32 Å². The molecule has 1 aliphatic rings. The molecule has 0 spiro atoms. The van der Waals surface area contributed by atoms with Crippen molar-refractivity contribution >= 4 is 46.4 Å². The van der Waals surface area contributed by atoms with Crippen molar-refractivity contribution in [3.63, 3.8) is 0 Å². The minimum Gasteiger partial charge on any atom is -0.455 e. The molecule has 0 radical (unpaired) electrons. The van der Waals surface area contributed by atoms with Crippen LogP contribution in [0.2, 0.25) is 10.0 Å². The standard InChI is InChI=1S/C29H23Cl2N3O3/c1-17-26-23(33-34-28(35)20-12-10-19(11-13-20)18-6-3-2-4-7-18)8-5-9-25(26)37-27(17)29(36)32-24-16-21(30)14-15-22(24)31/h2-4,6-7,10-16H,5,8-9H2,1H3,(H,32,36)(H,34,35)/b33-23+. The first-order chi connectivity index (χ1) is 17.9. The number of hydrogen-bond donors (Lipinski definition) is 2. The second-order valence-electron chi connectivity index (χ2n) is 8.73. The lowest BCUT2D eigenvalue weighted by atomic mass is 9.93. The van der Waals surface area contributed by atoms with E-state index in [1.54, 1.807) is 30.3 Å². The third-order valence-electron chi connectivity index (χ3n) is 6.26. The third-order valence-corrected chi connectivity index (χ3v) is 6.82. The smallest absolute Gasteiger partial charge is 0.291 e. The van der Waals surface area contributed by atoms with Gasteiger partial charge in [-0.1, -0.05) is 65.7 Å². The molecule has 37 heavy (non-hydrogen) atoms. The monoisotopic (exact) mass is 531 g/mol. The summed E-state index contributed by atoms with van der Waals surface area (Å²) < 4.78 is 5.94. The van der Waals surface area contributed by atoms with Crippen LogP contribution in [0, 0.1) is 6.92 Å². The van der Waals surface area contributed by atoms with Crippen LogP contribution in [0.5, 0.6) is 0 Å². The summed E-state index contributed by atoms with van der Waals surface area (Å²) >= 11 is 12.2. The average molecular weight is 532 g/mol. The van der Waals surface area contributed by atoms with Crippen LogP contribution in [0.4, 0.5) is 5.69 Å². The summed E-state index contributed by atoms with van der Waals surface area (Å²) in [7, 11) is 0. The van der Waals surface area contributed by atoms with Crippen molar-refractivity contribution in [2.45, 2.75) is 26.2 Å². The highest BCUT2D eigenvalue weighted by atomic mass is 35.5. The summed E-state index contributed by atoms with van der Waals surface area (Å²) in [4.78, 5) is 25.8. The highest BCUT2D eigenvalue weighted by Gasteiger charge is 2.28. The lowest BCUT2D eigenvalue weighted by Gasteiger charge is -2.13. The van der Waals surface area contributed by atoms with E-state index in [-0.39, 0.29) is 11.7 Å². The number of amides is 2. The Hall–Kier alpha value is -3.87. The number of carbonyl (C=O) groups excluding carboxylic acids is 2. The van der Waals surface area contributed by atoms with Gasteiger partial charge in [0.25, 0.3) is 11.8 Å². The Kier molecular flexibility index (Phi) is 7.12. The second kappa shape index (κ2) is 10.6. The largest absolute Gasteiger partial charge is 0.455 e. The summed E-state index contributed by atoms with van der Waals surface area (Å²) in [6, 6.07) is 22.2. The van der Waals surface area contributed by atoms with E-state index in [9.17, 15) is 9.59 Å². The summed E-state index contributed by atoms with van der Waals surface area (Å²) in [5, 5.41) is 8.00. The topological polar surface area (TPSA) is 83.7 Å². The van der Waals surface area contributed by atoms with E-state index in [1.807, 2.05) is 49.4 Å². The van der Waals surface area contributed by atoms with Gasteiger partial charge in [-0.05, 0) is 61.2 Å². The molecule has 0 saturated heterocycles. The molecule has 4 aromatic rings. The molecule has 8 heteroatoms. The van der Waals surface area contributed by atoms with Crippen LogP contribution in [-0.4, -0.2) is 17.5 Å². The zero-order valence-corrected chi connectivity index (χ0v) is 21.5. The van der Waals surface area contributed by atoms with E-state index in [4.69, 9.17) is 27.6 Å². The molecule has 2 amide bonds. The lowest BCUT2D eigenvalue weighted by molar-refractivity contribution is 0.0953. The fraction of sp³-hybridized carbons (Fsp3) is 0.138. The number of nitrogens with one attached hydrogen (secondary N) is 2. The van der Waals surface area contributed by atoms with Crippen molar-refractivity contribution < 1.29 is 14.0 Å². The number of rotatable bonds is 5. The van der Waals surface area contributed by atoms with Gasteiger partial charge in [0.05, 0.1) is 16.4 Å². The number of aryl methyl sites for hydroxylation is 1. The molecule has 0 bridgehead atoms. The van der Waals surface area contributed by atoms with E-state index in [2.05, 4.69) is 15.8 Å². The molecule has 1 aromatic heterocycles. The molecule has 186 valence electrons. The fourth-order valence-electron chi connectivity index (χ4n) is 4.40. The zero-order valence-electron chi connectivity index (χ0n) is 20.0. The van der Waals surface area contributed by atoms with Gasteiger partial charge in [-0.3, -0.25) is 9.59 Å². The number of hydrogen-bond acceptors (Lipinski definition) is 4. The van der Waals surface area contributed by atoms with Crippen LogP contribution in [0.1, 0.15) is 50.6 Å². The Morgan fingerprint density at radius 3 is 2.38 bits per heavy atom. The van der Waals surface area contributed by atoms with E-state index < -0.39 is 5.91 Å². The van der Waals surface area contributed by atoms with Crippen LogP contribution in [-0.2, 0) is 6.42 Å². The summed E-state index contributed by atoms with van der Waals surface area (Å²) in [5.74, 6) is 0.108. The highest BCUT2D eigenvalue weighted by molar-refractivity contribution is 6.35. The maximum Gasteiger partial charge on any atom is 0.291 e. The number of benzene rings is 3. The quantitative estimate of drug-likeness (QED) is 0.265. The molecule has 2 N–H and O–H groups in total. The molecule has 1 heterocycles. The molecule has 0 aliphatic heterocycles. The van der Waals surface area contributed by atoms with Crippen molar-refractivity contribution in [1.82, 2.24) is 5.43 Å². The Morgan fingerprint density at radius 1 is 0.892 bits per heavy atom. The molecule has 0 saturated carbocycles. The molecule has 5 rings (SSSR count). The maximum atomic E-state index is 13.0.